The minimum absolute atomic E-state index is 0. The Morgan fingerprint density at radius 1 is 1.20 bits per heavy atom. The molecular formula is C15H13BrF5Na2O4PS2. The molecule has 4 nitrogen and oxygen atoms in total. The molecule has 0 saturated carbocycles. The third-order valence-electron chi connectivity index (χ3n) is 3.54. The van der Waals surface area contributed by atoms with Gasteiger partial charge in [0.15, 0.2) is 0 Å². The van der Waals surface area contributed by atoms with Gasteiger partial charge in [0.1, 0.15) is 5.75 Å². The molecule has 30 heavy (non-hydrogen) atoms. The van der Waals surface area contributed by atoms with Gasteiger partial charge in [-0.05, 0) is 46.3 Å². The van der Waals surface area contributed by atoms with E-state index in [-0.39, 0.29) is 92.5 Å². The SMILES string of the molecule is CSCc1cc(OCCCC(F)(F)F)c2sc(C(F)(F)P(=O)([O-])[O-])c(Br)c2c1.[Na+].[Na+]. The Balaban J connectivity index is 0.00000420. The van der Waals surface area contributed by atoms with Crippen molar-refractivity contribution in [2.45, 2.75) is 30.4 Å². The number of halogens is 6. The van der Waals surface area contributed by atoms with Crippen LogP contribution in [0.2, 0.25) is 0 Å². The number of thiophene rings is 1. The molecular weight excluding hydrogens is 560 g/mol. The average molecular weight is 573 g/mol. The van der Waals surface area contributed by atoms with Crippen LogP contribution in [0.1, 0.15) is 23.3 Å². The van der Waals surface area contributed by atoms with Crippen LogP contribution in [0.15, 0.2) is 16.6 Å². The van der Waals surface area contributed by atoms with Crippen molar-refractivity contribution in [3.05, 3.63) is 27.0 Å². The summed E-state index contributed by atoms with van der Waals surface area (Å²) in [7, 11) is -6.28. The van der Waals surface area contributed by atoms with Crippen LogP contribution in [0.25, 0.3) is 10.1 Å². The van der Waals surface area contributed by atoms with Crippen molar-refractivity contribution in [1.82, 2.24) is 0 Å². The molecule has 1 aromatic heterocycles. The second kappa shape index (κ2) is 12.4. The van der Waals surface area contributed by atoms with E-state index >= 15 is 0 Å². The molecule has 0 spiro atoms. The van der Waals surface area contributed by atoms with Gasteiger partial charge in [-0.25, -0.2) is 0 Å². The van der Waals surface area contributed by atoms with E-state index in [0.717, 1.165) is 0 Å². The van der Waals surface area contributed by atoms with Crippen LogP contribution in [-0.2, 0) is 16.0 Å². The summed E-state index contributed by atoms with van der Waals surface area (Å²) >= 11 is 4.70. The fourth-order valence-electron chi connectivity index (χ4n) is 2.33. The monoisotopic (exact) mass is 572 g/mol. The van der Waals surface area contributed by atoms with Crippen LogP contribution in [0, 0.1) is 0 Å². The summed E-state index contributed by atoms with van der Waals surface area (Å²) in [6, 6.07) is 3.04. The molecule has 0 amide bonds. The zero-order valence-corrected chi connectivity index (χ0v) is 24.3. The smallest absolute Gasteiger partial charge is 0.806 e. The average Bonchev–Trinajstić information content (AvgIpc) is 2.88. The first-order valence-corrected chi connectivity index (χ1v) is 12.2. The Hall–Kier alpha value is 1.61. The number of alkyl halides is 5. The largest absolute Gasteiger partial charge is 1.00 e. The molecule has 0 bridgehead atoms. The van der Waals surface area contributed by atoms with E-state index in [9.17, 15) is 36.3 Å². The number of hydrogen-bond donors (Lipinski definition) is 0. The second-order valence-corrected chi connectivity index (χ2v) is 9.99. The van der Waals surface area contributed by atoms with E-state index in [1.165, 1.54) is 23.9 Å². The first-order chi connectivity index (χ1) is 12.8. The van der Waals surface area contributed by atoms with Crippen molar-refractivity contribution >= 4 is 56.7 Å². The number of ether oxygens (including phenoxy) is 1. The molecule has 0 atom stereocenters. The number of rotatable bonds is 8. The van der Waals surface area contributed by atoms with Gasteiger partial charge < -0.3 is 19.1 Å². The van der Waals surface area contributed by atoms with Crippen LogP contribution in [0.3, 0.4) is 0 Å². The van der Waals surface area contributed by atoms with Gasteiger partial charge in [0.05, 0.1) is 16.2 Å². The van der Waals surface area contributed by atoms with E-state index in [0.29, 0.717) is 22.7 Å². The molecule has 0 saturated heterocycles. The quantitative estimate of drug-likeness (QED) is 0.180. The molecule has 15 heteroatoms. The Morgan fingerprint density at radius 2 is 1.80 bits per heavy atom. The number of thioether (sulfide) groups is 1. The van der Waals surface area contributed by atoms with Crippen molar-refractivity contribution in [1.29, 1.82) is 0 Å². The summed E-state index contributed by atoms with van der Waals surface area (Å²) in [5, 5.41) is 0.200. The van der Waals surface area contributed by atoms with Crippen LogP contribution >= 0.6 is 46.6 Å². The van der Waals surface area contributed by atoms with E-state index < -0.39 is 30.7 Å². The predicted octanol–water partition coefficient (Wildman–Crippen LogP) is -0.781. The second-order valence-electron chi connectivity index (χ2n) is 5.75. The molecule has 0 aliphatic rings. The molecule has 0 aliphatic carbocycles. The molecule has 2 aromatic rings. The first-order valence-electron chi connectivity index (χ1n) is 7.62. The molecule has 158 valence electrons. The molecule has 2 rings (SSSR count). The van der Waals surface area contributed by atoms with E-state index in [2.05, 4.69) is 15.9 Å². The topological polar surface area (TPSA) is 72.4 Å². The molecule has 1 aromatic carbocycles. The van der Waals surface area contributed by atoms with Gasteiger partial charge in [-0.2, -0.15) is 33.7 Å². The Bertz CT molecular complexity index is 907. The van der Waals surface area contributed by atoms with Crippen LogP contribution in [0.5, 0.6) is 5.75 Å². The Labute approximate surface area is 230 Å². The first kappa shape index (κ1) is 31.6. The van der Waals surface area contributed by atoms with Crippen molar-refractivity contribution < 1.29 is 100 Å². The summed E-state index contributed by atoms with van der Waals surface area (Å²) in [5.74, 6) is 0.521. The van der Waals surface area contributed by atoms with Gasteiger partial charge in [0.2, 0.25) is 0 Å². The Kier molecular flexibility index (Phi) is 13.0. The van der Waals surface area contributed by atoms with E-state index in [1.54, 1.807) is 6.26 Å². The van der Waals surface area contributed by atoms with Gasteiger partial charge in [0, 0.05) is 29.6 Å². The Morgan fingerprint density at radius 3 is 2.30 bits per heavy atom. The maximum atomic E-state index is 14.1. The van der Waals surface area contributed by atoms with Crippen molar-refractivity contribution in [3.8, 4) is 5.75 Å². The van der Waals surface area contributed by atoms with Crippen molar-refractivity contribution in [2.24, 2.45) is 0 Å². The summed E-state index contributed by atoms with van der Waals surface area (Å²) in [5.41, 5.74) is -3.99. The van der Waals surface area contributed by atoms with Gasteiger partial charge in [-0.1, -0.05) is 0 Å². The van der Waals surface area contributed by atoms with Crippen molar-refractivity contribution in [2.75, 3.05) is 12.9 Å². The third-order valence-corrected chi connectivity index (χ3v) is 7.61. The number of hydrogen-bond acceptors (Lipinski definition) is 6. The predicted molar refractivity (Wildman–Crippen MR) is 99.0 cm³/mol. The van der Waals surface area contributed by atoms with Crippen LogP contribution in [0.4, 0.5) is 22.0 Å². The van der Waals surface area contributed by atoms with Gasteiger partial charge in [0.25, 0.3) is 0 Å². The molecule has 0 radical (unpaired) electrons. The summed E-state index contributed by atoms with van der Waals surface area (Å²) < 4.78 is 81.3. The van der Waals surface area contributed by atoms with Gasteiger partial charge in [-0.15, -0.1) is 11.3 Å². The van der Waals surface area contributed by atoms with E-state index in [4.69, 9.17) is 4.74 Å². The summed E-state index contributed by atoms with van der Waals surface area (Å²) in [6.45, 7) is -0.305. The molecule has 1 heterocycles. The minimum atomic E-state index is -6.28. The molecule has 0 aliphatic heterocycles. The molecule has 0 fully saturated rings. The zero-order chi connectivity index (χ0) is 21.3. The summed E-state index contributed by atoms with van der Waals surface area (Å²) in [4.78, 5) is 21.0. The maximum Gasteiger partial charge on any atom is 1.00 e. The van der Waals surface area contributed by atoms with E-state index in [1.807, 2.05) is 0 Å². The standard InChI is InChI=1S/C15H15BrF5O4PS2.2Na/c1-27-7-8-5-9-11(16)13(15(20,21)26(22,23)24)28-12(9)10(6-8)25-4-2-3-14(17,18)19;;/h5-6H,2-4,7H2,1H3,(H2,22,23,24);;/q;2*+1/p-2. The van der Waals surface area contributed by atoms with Gasteiger partial charge in [-0.3, -0.25) is 0 Å². The minimum Gasteiger partial charge on any atom is -0.806 e. The third kappa shape index (κ3) is 7.84. The van der Waals surface area contributed by atoms with Gasteiger partial charge >= 0.3 is 71.0 Å². The fourth-order valence-corrected chi connectivity index (χ4v) is 5.76. The fraction of sp³-hybridized carbons (Fsp3) is 0.467. The molecule has 0 N–H and O–H groups in total. The van der Waals surface area contributed by atoms with Crippen molar-refractivity contribution in [3.63, 3.8) is 0 Å². The summed E-state index contributed by atoms with van der Waals surface area (Å²) in [6.07, 6.45) is -3.94. The zero-order valence-electron chi connectivity index (χ0n) is 16.1. The maximum absolute atomic E-state index is 14.1. The normalized spacial score (nSPS) is 12.4. The van der Waals surface area contributed by atoms with Crippen LogP contribution < -0.4 is 73.6 Å². The number of fused-ring (bicyclic) bond motifs is 1. The molecule has 0 unspecified atom stereocenters. The van der Waals surface area contributed by atoms with Crippen LogP contribution in [-0.4, -0.2) is 19.0 Å². The number of benzene rings is 1.